The quantitative estimate of drug-likeness (QED) is 0.505. The van der Waals surface area contributed by atoms with E-state index in [2.05, 4.69) is 41.0 Å². The fraction of sp³-hybridized carbons (Fsp3) is 0.0476. The molecule has 4 rings (SSSR count). The molecule has 0 bridgehead atoms. The molecule has 4 aromatic rings. The van der Waals surface area contributed by atoms with Crippen LogP contribution in [0.3, 0.4) is 0 Å². The largest absolute Gasteiger partial charge is 0.308 e. The van der Waals surface area contributed by atoms with Gasteiger partial charge in [-0.05, 0) is 36.8 Å². The molecule has 0 amide bonds. The van der Waals surface area contributed by atoms with Crippen LogP contribution in [0.1, 0.15) is 16.7 Å². The van der Waals surface area contributed by atoms with Crippen molar-refractivity contribution in [2.45, 2.75) is 6.92 Å². The first-order valence-electron chi connectivity index (χ1n) is 7.68. The number of rotatable bonds is 1. The van der Waals surface area contributed by atoms with Crippen LogP contribution in [0.25, 0.3) is 27.5 Å². The highest BCUT2D eigenvalue weighted by Gasteiger charge is 2.16. The number of fused-ring (bicyclic) bond motifs is 3. The van der Waals surface area contributed by atoms with Gasteiger partial charge in [0.2, 0.25) is 0 Å². The van der Waals surface area contributed by atoms with Crippen LogP contribution >= 0.6 is 0 Å². The van der Waals surface area contributed by atoms with Gasteiger partial charge in [0.05, 0.1) is 33.9 Å². The van der Waals surface area contributed by atoms with Crippen LogP contribution in [0.4, 0.5) is 0 Å². The summed E-state index contributed by atoms with van der Waals surface area (Å²) in [5.74, 6) is 0. The number of nitrogens with zero attached hydrogens (tertiary/aromatic N) is 3. The van der Waals surface area contributed by atoms with Crippen molar-refractivity contribution in [1.29, 1.82) is 10.5 Å². The molecular weight excluding hydrogens is 294 g/mol. The summed E-state index contributed by atoms with van der Waals surface area (Å²) in [5.41, 5.74) is 4.89. The minimum absolute atomic E-state index is 0.508. The van der Waals surface area contributed by atoms with Gasteiger partial charge in [-0.3, -0.25) is 0 Å². The molecule has 0 radical (unpaired) electrons. The lowest BCUT2D eigenvalue weighted by Gasteiger charge is -2.13. The first-order chi connectivity index (χ1) is 11.7. The second-order valence-electron chi connectivity index (χ2n) is 5.78. The monoisotopic (exact) mass is 307 g/mol. The zero-order valence-electron chi connectivity index (χ0n) is 13.1. The van der Waals surface area contributed by atoms with E-state index in [4.69, 9.17) is 0 Å². The van der Waals surface area contributed by atoms with Crippen LogP contribution < -0.4 is 0 Å². The predicted octanol–water partition coefficient (Wildman–Crippen LogP) is 4.84. The van der Waals surface area contributed by atoms with E-state index in [1.54, 1.807) is 6.07 Å². The molecule has 0 saturated carbocycles. The van der Waals surface area contributed by atoms with E-state index >= 15 is 0 Å². The summed E-state index contributed by atoms with van der Waals surface area (Å²) in [6.07, 6.45) is 0. The van der Waals surface area contributed by atoms with Crippen molar-refractivity contribution in [1.82, 2.24) is 4.57 Å². The summed E-state index contributed by atoms with van der Waals surface area (Å²) in [4.78, 5) is 0. The Bertz CT molecular complexity index is 1130. The Morgan fingerprint density at radius 1 is 0.792 bits per heavy atom. The van der Waals surface area contributed by atoms with Gasteiger partial charge < -0.3 is 4.57 Å². The van der Waals surface area contributed by atoms with Crippen LogP contribution in [0.15, 0.2) is 60.7 Å². The molecule has 0 aliphatic heterocycles. The van der Waals surface area contributed by atoms with E-state index in [1.807, 2.05) is 37.3 Å². The minimum atomic E-state index is 0.508. The molecule has 0 aliphatic carbocycles. The first-order valence-corrected chi connectivity index (χ1v) is 7.68. The van der Waals surface area contributed by atoms with E-state index < -0.39 is 0 Å². The second-order valence-corrected chi connectivity index (χ2v) is 5.78. The lowest BCUT2D eigenvalue weighted by atomic mass is 10.0. The summed E-state index contributed by atoms with van der Waals surface area (Å²) in [6.45, 7) is 1.94. The molecule has 0 N–H and O–H groups in total. The summed E-state index contributed by atoms with van der Waals surface area (Å²) in [6, 6.07) is 24.3. The normalized spacial score (nSPS) is 10.6. The van der Waals surface area contributed by atoms with E-state index in [1.165, 1.54) is 0 Å². The van der Waals surface area contributed by atoms with E-state index in [-0.39, 0.29) is 0 Å². The topological polar surface area (TPSA) is 52.5 Å². The molecule has 0 fully saturated rings. The molecular formula is C21H13N3. The fourth-order valence-electron chi connectivity index (χ4n) is 3.39. The number of nitriles is 2. The highest BCUT2D eigenvalue weighted by molar-refractivity contribution is 6.09. The standard InChI is InChI=1S/C21H13N3/c1-14-10-15(12-22)11-16(13-23)21(14)24-19-8-4-2-6-17(19)18-7-3-5-9-20(18)24/h2-11H,1H3. The average molecular weight is 307 g/mol. The number of benzene rings is 3. The lowest BCUT2D eigenvalue weighted by Crippen LogP contribution is -2.01. The number of aromatic nitrogens is 1. The van der Waals surface area contributed by atoms with Crippen LogP contribution in [0, 0.1) is 29.6 Å². The van der Waals surface area contributed by atoms with Crippen LogP contribution in [0.2, 0.25) is 0 Å². The van der Waals surface area contributed by atoms with Crippen molar-refractivity contribution in [3.8, 4) is 17.8 Å². The van der Waals surface area contributed by atoms with E-state index in [0.717, 1.165) is 33.1 Å². The summed E-state index contributed by atoms with van der Waals surface area (Å²) < 4.78 is 2.12. The van der Waals surface area contributed by atoms with Crippen LogP contribution in [0.5, 0.6) is 0 Å². The van der Waals surface area contributed by atoms with Crippen molar-refractivity contribution >= 4 is 21.8 Å². The maximum absolute atomic E-state index is 9.63. The molecule has 0 saturated heterocycles. The zero-order valence-corrected chi connectivity index (χ0v) is 13.1. The van der Waals surface area contributed by atoms with Gasteiger partial charge in [-0.2, -0.15) is 10.5 Å². The number of aryl methyl sites for hydroxylation is 1. The van der Waals surface area contributed by atoms with Gasteiger partial charge in [0.15, 0.2) is 0 Å². The van der Waals surface area contributed by atoms with E-state index in [9.17, 15) is 10.5 Å². The third kappa shape index (κ3) is 1.89. The van der Waals surface area contributed by atoms with Crippen LogP contribution in [-0.4, -0.2) is 4.57 Å². The Morgan fingerprint density at radius 3 is 1.92 bits per heavy atom. The van der Waals surface area contributed by atoms with Crippen LogP contribution in [-0.2, 0) is 0 Å². The second kappa shape index (κ2) is 5.26. The summed E-state index contributed by atoms with van der Waals surface area (Å²) in [5, 5.41) is 21.1. The lowest BCUT2D eigenvalue weighted by molar-refractivity contribution is 1.13. The van der Waals surface area contributed by atoms with Crippen molar-refractivity contribution in [3.63, 3.8) is 0 Å². The molecule has 3 heteroatoms. The van der Waals surface area contributed by atoms with Gasteiger partial charge in [0.1, 0.15) is 6.07 Å². The summed E-state index contributed by atoms with van der Waals surface area (Å²) >= 11 is 0. The molecule has 1 aromatic heterocycles. The predicted molar refractivity (Wildman–Crippen MR) is 94.9 cm³/mol. The SMILES string of the molecule is Cc1cc(C#N)cc(C#N)c1-n1c2ccccc2c2ccccc21. The Hall–Kier alpha value is -3.56. The third-order valence-electron chi connectivity index (χ3n) is 4.35. The maximum atomic E-state index is 9.63. The third-order valence-corrected chi connectivity index (χ3v) is 4.35. The minimum Gasteiger partial charge on any atom is -0.308 e. The molecule has 112 valence electrons. The Labute approximate surface area is 139 Å². The highest BCUT2D eigenvalue weighted by Crippen LogP contribution is 2.34. The average Bonchev–Trinajstić information content (AvgIpc) is 2.95. The van der Waals surface area contributed by atoms with Crippen molar-refractivity contribution in [2.75, 3.05) is 0 Å². The van der Waals surface area contributed by atoms with Gasteiger partial charge in [-0.25, -0.2) is 0 Å². The Balaban J connectivity index is 2.23. The molecule has 0 atom stereocenters. The maximum Gasteiger partial charge on any atom is 0.101 e. The van der Waals surface area contributed by atoms with Gasteiger partial charge >= 0.3 is 0 Å². The fourth-order valence-corrected chi connectivity index (χ4v) is 3.39. The van der Waals surface area contributed by atoms with Gasteiger partial charge in [-0.15, -0.1) is 0 Å². The molecule has 0 spiro atoms. The van der Waals surface area contributed by atoms with Crippen molar-refractivity contribution in [3.05, 3.63) is 77.4 Å². The Kier molecular flexibility index (Phi) is 3.08. The number of para-hydroxylation sites is 2. The molecule has 3 aromatic carbocycles. The molecule has 24 heavy (non-hydrogen) atoms. The van der Waals surface area contributed by atoms with Gasteiger partial charge in [0.25, 0.3) is 0 Å². The van der Waals surface area contributed by atoms with Gasteiger partial charge in [0, 0.05) is 10.8 Å². The number of hydrogen-bond acceptors (Lipinski definition) is 2. The molecule has 3 nitrogen and oxygen atoms in total. The highest BCUT2D eigenvalue weighted by atomic mass is 15.0. The van der Waals surface area contributed by atoms with Crippen molar-refractivity contribution < 1.29 is 0 Å². The zero-order chi connectivity index (χ0) is 16.7. The molecule has 0 unspecified atom stereocenters. The molecule has 0 aliphatic rings. The smallest absolute Gasteiger partial charge is 0.101 e. The Morgan fingerprint density at radius 2 is 1.38 bits per heavy atom. The van der Waals surface area contributed by atoms with E-state index in [0.29, 0.717) is 11.1 Å². The first kappa shape index (κ1) is 14.1. The number of hydrogen-bond donors (Lipinski definition) is 0. The molecule has 1 heterocycles. The van der Waals surface area contributed by atoms with Crippen molar-refractivity contribution in [2.24, 2.45) is 0 Å². The van der Waals surface area contributed by atoms with Gasteiger partial charge in [-0.1, -0.05) is 36.4 Å². The summed E-state index contributed by atoms with van der Waals surface area (Å²) in [7, 11) is 0.